The van der Waals surface area contributed by atoms with E-state index in [9.17, 15) is 4.79 Å². The number of nitrogens with zero attached hydrogens (tertiary/aromatic N) is 1. The predicted octanol–water partition coefficient (Wildman–Crippen LogP) is 5.24. The van der Waals surface area contributed by atoms with Crippen molar-refractivity contribution < 1.29 is 9.21 Å². The Kier molecular flexibility index (Phi) is 4.91. The van der Waals surface area contributed by atoms with Crippen molar-refractivity contribution in [3.8, 4) is 0 Å². The molecule has 1 aromatic heterocycles. The number of benzene rings is 2. The fraction of sp³-hybridized carbons (Fsp3) is 0.250. The molecule has 0 aliphatic rings. The van der Waals surface area contributed by atoms with Crippen LogP contribution in [0.3, 0.4) is 0 Å². The largest absolute Gasteiger partial charge is 0.459 e. The Morgan fingerprint density at radius 2 is 1.88 bits per heavy atom. The van der Waals surface area contributed by atoms with Gasteiger partial charge < -0.3 is 9.32 Å². The molecule has 0 fully saturated rings. The van der Waals surface area contributed by atoms with Gasteiger partial charge in [0.2, 0.25) is 5.91 Å². The smallest absolute Gasteiger partial charge is 0.223 e. The van der Waals surface area contributed by atoms with E-state index in [1.54, 1.807) is 4.90 Å². The van der Waals surface area contributed by atoms with E-state index in [-0.39, 0.29) is 11.9 Å². The summed E-state index contributed by atoms with van der Waals surface area (Å²) in [6, 6.07) is 17.4. The highest BCUT2D eigenvalue weighted by atomic mass is 35.5. The van der Waals surface area contributed by atoms with Crippen LogP contribution < -0.4 is 0 Å². The minimum Gasteiger partial charge on any atom is -0.459 e. The van der Waals surface area contributed by atoms with E-state index in [0.29, 0.717) is 17.9 Å². The van der Waals surface area contributed by atoms with Gasteiger partial charge in [-0.15, -0.1) is 0 Å². The van der Waals surface area contributed by atoms with Crippen LogP contribution in [-0.4, -0.2) is 17.9 Å². The summed E-state index contributed by atoms with van der Waals surface area (Å²) in [7, 11) is 1.82. The molecule has 1 atom stereocenters. The molecule has 0 radical (unpaired) electrons. The highest BCUT2D eigenvalue weighted by molar-refractivity contribution is 6.30. The first-order chi connectivity index (χ1) is 11.5. The average molecular weight is 342 g/mol. The van der Waals surface area contributed by atoms with Gasteiger partial charge in [0.05, 0.1) is 6.04 Å². The SMILES string of the molecule is CC(c1cc2ccccc2o1)N(C)C(=O)CCc1ccc(Cl)cc1. The third-order valence-electron chi connectivity index (χ3n) is 4.37. The quantitative estimate of drug-likeness (QED) is 0.636. The van der Waals surface area contributed by atoms with Gasteiger partial charge in [0, 0.05) is 23.9 Å². The number of carbonyl (C=O) groups is 1. The molecule has 124 valence electrons. The summed E-state index contributed by atoms with van der Waals surface area (Å²) in [5.74, 6) is 0.899. The molecule has 0 bridgehead atoms. The van der Waals surface area contributed by atoms with Gasteiger partial charge in [-0.05, 0) is 43.2 Å². The summed E-state index contributed by atoms with van der Waals surface area (Å²) in [6.45, 7) is 1.98. The van der Waals surface area contributed by atoms with Crippen LogP contribution in [0.4, 0.5) is 0 Å². The van der Waals surface area contributed by atoms with Crippen LogP contribution in [0.1, 0.15) is 30.7 Å². The summed E-state index contributed by atoms with van der Waals surface area (Å²) < 4.78 is 5.87. The Bertz CT molecular complexity index is 805. The molecule has 2 aromatic carbocycles. The molecular weight excluding hydrogens is 322 g/mol. The van der Waals surface area contributed by atoms with Crippen LogP contribution in [0, 0.1) is 0 Å². The van der Waals surface area contributed by atoms with Crippen molar-refractivity contribution in [3.05, 3.63) is 70.9 Å². The van der Waals surface area contributed by atoms with E-state index in [1.165, 1.54) is 0 Å². The van der Waals surface area contributed by atoms with Gasteiger partial charge in [-0.1, -0.05) is 41.9 Å². The zero-order valence-corrected chi connectivity index (χ0v) is 14.6. The molecule has 3 aromatic rings. The first-order valence-electron chi connectivity index (χ1n) is 8.03. The molecule has 0 saturated carbocycles. The van der Waals surface area contributed by atoms with E-state index < -0.39 is 0 Å². The van der Waals surface area contributed by atoms with Crippen LogP contribution in [-0.2, 0) is 11.2 Å². The Labute approximate surface area is 146 Å². The number of rotatable bonds is 5. The number of aryl methyl sites for hydroxylation is 1. The first-order valence-corrected chi connectivity index (χ1v) is 8.41. The van der Waals surface area contributed by atoms with Gasteiger partial charge in [0.1, 0.15) is 11.3 Å². The van der Waals surface area contributed by atoms with Gasteiger partial charge >= 0.3 is 0 Å². The molecule has 0 N–H and O–H groups in total. The van der Waals surface area contributed by atoms with Crippen molar-refractivity contribution in [2.75, 3.05) is 7.05 Å². The summed E-state index contributed by atoms with van der Waals surface area (Å²) in [5, 5.41) is 1.77. The molecule has 0 aliphatic heterocycles. The number of hydrogen-bond acceptors (Lipinski definition) is 2. The van der Waals surface area contributed by atoms with E-state index in [0.717, 1.165) is 22.3 Å². The fourth-order valence-corrected chi connectivity index (χ4v) is 2.82. The summed E-state index contributed by atoms with van der Waals surface area (Å²) in [6.07, 6.45) is 1.16. The van der Waals surface area contributed by atoms with Crippen LogP contribution in [0.2, 0.25) is 5.02 Å². The lowest BCUT2D eigenvalue weighted by Crippen LogP contribution is -2.29. The van der Waals surface area contributed by atoms with Crippen molar-refractivity contribution >= 4 is 28.5 Å². The highest BCUT2D eigenvalue weighted by Crippen LogP contribution is 2.27. The van der Waals surface area contributed by atoms with Crippen molar-refractivity contribution in [2.24, 2.45) is 0 Å². The third kappa shape index (κ3) is 3.62. The molecule has 0 saturated heterocycles. The molecule has 0 aliphatic carbocycles. The first kappa shape index (κ1) is 16.6. The lowest BCUT2D eigenvalue weighted by molar-refractivity contribution is -0.132. The van der Waals surface area contributed by atoms with Gasteiger partial charge in [0.25, 0.3) is 0 Å². The molecule has 4 heteroatoms. The predicted molar refractivity (Wildman–Crippen MR) is 97.2 cm³/mol. The van der Waals surface area contributed by atoms with Crippen molar-refractivity contribution in [3.63, 3.8) is 0 Å². The van der Waals surface area contributed by atoms with Crippen molar-refractivity contribution in [1.82, 2.24) is 4.90 Å². The molecule has 24 heavy (non-hydrogen) atoms. The average Bonchev–Trinajstić information content (AvgIpc) is 3.03. The zero-order valence-electron chi connectivity index (χ0n) is 13.8. The van der Waals surface area contributed by atoms with Crippen LogP contribution >= 0.6 is 11.6 Å². The Hall–Kier alpha value is -2.26. The van der Waals surface area contributed by atoms with Crippen molar-refractivity contribution in [1.29, 1.82) is 0 Å². The van der Waals surface area contributed by atoms with Crippen LogP contribution in [0.25, 0.3) is 11.0 Å². The molecule has 0 spiro atoms. The number of carbonyl (C=O) groups excluding carboxylic acids is 1. The molecule has 1 unspecified atom stereocenters. The molecule has 1 amide bonds. The third-order valence-corrected chi connectivity index (χ3v) is 4.62. The molecule has 1 heterocycles. The minimum atomic E-state index is -0.102. The van der Waals surface area contributed by atoms with Gasteiger partial charge in [-0.2, -0.15) is 0 Å². The maximum absolute atomic E-state index is 12.5. The lowest BCUT2D eigenvalue weighted by Gasteiger charge is -2.23. The van der Waals surface area contributed by atoms with E-state index in [4.69, 9.17) is 16.0 Å². The summed E-state index contributed by atoms with van der Waals surface area (Å²) in [4.78, 5) is 14.2. The molecule has 3 rings (SSSR count). The normalized spacial score (nSPS) is 12.3. The van der Waals surface area contributed by atoms with Crippen LogP contribution in [0.5, 0.6) is 0 Å². The monoisotopic (exact) mass is 341 g/mol. The van der Waals surface area contributed by atoms with Crippen molar-refractivity contribution in [2.45, 2.75) is 25.8 Å². The molecule has 3 nitrogen and oxygen atoms in total. The van der Waals surface area contributed by atoms with E-state index >= 15 is 0 Å². The van der Waals surface area contributed by atoms with Crippen LogP contribution in [0.15, 0.2) is 59.0 Å². The molecular formula is C20H20ClNO2. The Morgan fingerprint density at radius 1 is 1.17 bits per heavy atom. The topological polar surface area (TPSA) is 33.5 Å². The van der Waals surface area contributed by atoms with Gasteiger partial charge in [-0.25, -0.2) is 0 Å². The van der Waals surface area contributed by atoms with E-state index in [2.05, 4.69) is 0 Å². The van der Waals surface area contributed by atoms with E-state index in [1.807, 2.05) is 68.6 Å². The Balaban J connectivity index is 1.64. The lowest BCUT2D eigenvalue weighted by atomic mass is 10.1. The van der Waals surface area contributed by atoms with Gasteiger partial charge in [0.15, 0.2) is 0 Å². The second-order valence-electron chi connectivity index (χ2n) is 5.99. The number of hydrogen-bond donors (Lipinski definition) is 0. The number of amides is 1. The number of fused-ring (bicyclic) bond motifs is 1. The standard InChI is InChI=1S/C20H20ClNO2/c1-14(19-13-16-5-3-4-6-18(16)24-19)22(2)20(23)12-9-15-7-10-17(21)11-8-15/h3-8,10-11,13-14H,9,12H2,1-2H3. The zero-order chi connectivity index (χ0) is 17.1. The number of para-hydroxylation sites is 1. The Morgan fingerprint density at radius 3 is 2.58 bits per heavy atom. The fourth-order valence-electron chi connectivity index (χ4n) is 2.69. The second kappa shape index (κ2) is 7.10. The van der Waals surface area contributed by atoms with Gasteiger partial charge in [-0.3, -0.25) is 4.79 Å². The minimum absolute atomic E-state index is 0.0953. The highest BCUT2D eigenvalue weighted by Gasteiger charge is 2.20. The maximum Gasteiger partial charge on any atom is 0.223 e. The summed E-state index contributed by atoms with van der Waals surface area (Å²) in [5.41, 5.74) is 1.96. The second-order valence-corrected chi connectivity index (χ2v) is 6.43. The summed E-state index contributed by atoms with van der Waals surface area (Å²) >= 11 is 5.88. The number of halogens is 1. The number of furan rings is 1. The maximum atomic E-state index is 12.5.